The predicted octanol–water partition coefficient (Wildman–Crippen LogP) is 3.68. The van der Waals surface area contributed by atoms with Gasteiger partial charge in [0.1, 0.15) is 6.04 Å². The molecule has 8 nitrogen and oxygen atoms in total. The van der Waals surface area contributed by atoms with E-state index in [1.165, 1.54) is 10.7 Å². The van der Waals surface area contributed by atoms with Gasteiger partial charge in [0.2, 0.25) is 5.91 Å². The number of carbonyl (C=O) groups excluding carboxylic acids is 1. The second kappa shape index (κ2) is 8.27. The molecule has 0 bridgehead atoms. The lowest BCUT2D eigenvalue weighted by molar-refractivity contribution is -0.119. The summed E-state index contributed by atoms with van der Waals surface area (Å²) in [6, 6.07) is 11.6. The Balaban J connectivity index is 1.58. The third kappa shape index (κ3) is 4.31. The minimum absolute atomic E-state index is 0.341. The molecule has 3 heterocycles. The zero-order valence-electron chi connectivity index (χ0n) is 17.7. The van der Waals surface area contributed by atoms with Crippen LogP contribution in [0, 0.1) is 20.8 Å². The summed E-state index contributed by atoms with van der Waals surface area (Å²) < 4.78 is 2.82. The van der Waals surface area contributed by atoms with E-state index in [4.69, 9.17) is 0 Å². The number of nitrogens with zero attached hydrogens (tertiary/aromatic N) is 5. The molecule has 0 aliphatic carbocycles. The van der Waals surface area contributed by atoms with Crippen LogP contribution < -0.4 is 10.9 Å². The zero-order chi connectivity index (χ0) is 22.1. The summed E-state index contributed by atoms with van der Waals surface area (Å²) >= 11 is 1.57. The van der Waals surface area contributed by atoms with Crippen molar-refractivity contribution >= 4 is 22.9 Å². The number of aromatic nitrogens is 5. The van der Waals surface area contributed by atoms with E-state index >= 15 is 0 Å². The summed E-state index contributed by atoms with van der Waals surface area (Å²) in [4.78, 5) is 29.8. The number of nitrogens with one attached hydrogen (secondary N) is 1. The van der Waals surface area contributed by atoms with Gasteiger partial charge in [0.15, 0.2) is 5.82 Å². The van der Waals surface area contributed by atoms with Crippen molar-refractivity contribution in [2.75, 3.05) is 5.32 Å². The molecule has 0 radical (unpaired) electrons. The Labute approximate surface area is 183 Å². The van der Waals surface area contributed by atoms with Crippen molar-refractivity contribution in [2.45, 2.75) is 33.7 Å². The molecule has 158 valence electrons. The highest BCUT2D eigenvalue weighted by Gasteiger charge is 2.19. The number of aryl methyl sites for hydroxylation is 3. The summed E-state index contributed by atoms with van der Waals surface area (Å²) in [7, 11) is 0. The van der Waals surface area contributed by atoms with Gasteiger partial charge in [-0.15, -0.1) is 16.4 Å². The Morgan fingerprint density at radius 2 is 1.90 bits per heavy atom. The number of amides is 1. The molecule has 4 aromatic rings. The van der Waals surface area contributed by atoms with Gasteiger partial charge >= 0.3 is 0 Å². The topological polar surface area (TPSA) is 94.7 Å². The minimum atomic E-state index is -0.811. The van der Waals surface area contributed by atoms with E-state index in [1.807, 2.05) is 50.4 Å². The van der Waals surface area contributed by atoms with Crippen LogP contribution in [0.3, 0.4) is 0 Å². The third-order valence-electron chi connectivity index (χ3n) is 4.83. The van der Waals surface area contributed by atoms with Crippen LogP contribution in [0.25, 0.3) is 17.1 Å². The lowest BCUT2D eigenvalue weighted by Gasteiger charge is -2.15. The Hall–Kier alpha value is -3.59. The highest BCUT2D eigenvalue weighted by Crippen LogP contribution is 2.24. The van der Waals surface area contributed by atoms with Crippen molar-refractivity contribution in [1.82, 2.24) is 24.5 Å². The molecule has 0 fully saturated rings. The van der Waals surface area contributed by atoms with E-state index < -0.39 is 6.04 Å². The van der Waals surface area contributed by atoms with Gasteiger partial charge in [-0.1, -0.05) is 12.1 Å². The lowest BCUT2D eigenvalue weighted by atomic mass is 10.1. The number of hydrogen-bond donors (Lipinski definition) is 1. The van der Waals surface area contributed by atoms with Crippen LogP contribution in [-0.4, -0.2) is 30.5 Å². The van der Waals surface area contributed by atoms with Crippen LogP contribution >= 0.6 is 11.3 Å². The van der Waals surface area contributed by atoms with Crippen molar-refractivity contribution in [2.24, 2.45) is 0 Å². The number of thiazole rings is 1. The molecule has 31 heavy (non-hydrogen) atoms. The third-order valence-corrected chi connectivity index (χ3v) is 5.60. The standard InChI is InChI=1S/C22H22N6O2S/c1-13-10-14(2)27(25-13)20-8-9-21(29)28(26-20)15(3)22(30)24-18-7-5-6-17(11-18)19-12-31-16(4)23-19/h5-12,15H,1-4H3,(H,24,30). The van der Waals surface area contributed by atoms with Gasteiger partial charge in [-0.25, -0.2) is 14.3 Å². The quantitative estimate of drug-likeness (QED) is 0.517. The molecule has 0 aliphatic rings. The minimum Gasteiger partial charge on any atom is -0.324 e. The Kier molecular flexibility index (Phi) is 5.51. The van der Waals surface area contributed by atoms with Crippen molar-refractivity contribution in [3.05, 3.63) is 74.6 Å². The van der Waals surface area contributed by atoms with Crippen molar-refractivity contribution in [3.8, 4) is 17.1 Å². The summed E-state index contributed by atoms with van der Waals surface area (Å²) in [6.45, 7) is 7.38. The van der Waals surface area contributed by atoms with E-state index in [-0.39, 0.29) is 11.5 Å². The molecule has 9 heteroatoms. The first kappa shape index (κ1) is 20.7. The fourth-order valence-corrected chi connectivity index (χ4v) is 3.90. The summed E-state index contributed by atoms with van der Waals surface area (Å²) in [5, 5.41) is 14.6. The van der Waals surface area contributed by atoms with Crippen molar-refractivity contribution in [3.63, 3.8) is 0 Å². The van der Waals surface area contributed by atoms with Crippen LogP contribution in [0.15, 0.2) is 52.6 Å². The van der Waals surface area contributed by atoms with Gasteiger partial charge in [-0.3, -0.25) is 9.59 Å². The van der Waals surface area contributed by atoms with Crippen molar-refractivity contribution < 1.29 is 4.79 Å². The SMILES string of the molecule is Cc1cc(C)n(-c2ccc(=O)n(C(C)C(=O)Nc3cccc(-c4csc(C)n4)c3)n2)n1. The maximum atomic E-state index is 12.9. The Morgan fingerprint density at radius 1 is 1.10 bits per heavy atom. The molecule has 0 spiro atoms. The highest BCUT2D eigenvalue weighted by atomic mass is 32.1. The predicted molar refractivity (Wildman–Crippen MR) is 121 cm³/mol. The largest absolute Gasteiger partial charge is 0.324 e. The van der Waals surface area contributed by atoms with Gasteiger partial charge in [0.05, 0.1) is 16.4 Å². The number of benzene rings is 1. The Morgan fingerprint density at radius 3 is 2.58 bits per heavy atom. The number of carbonyl (C=O) groups is 1. The summed E-state index contributed by atoms with van der Waals surface area (Å²) in [5.41, 5.74) is 3.78. The van der Waals surface area contributed by atoms with E-state index in [1.54, 1.807) is 35.1 Å². The maximum Gasteiger partial charge on any atom is 0.267 e. The van der Waals surface area contributed by atoms with Crippen LogP contribution in [0.2, 0.25) is 0 Å². The fourth-order valence-electron chi connectivity index (χ4n) is 3.28. The van der Waals surface area contributed by atoms with E-state index in [0.29, 0.717) is 11.5 Å². The van der Waals surface area contributed by atoms with Gasteiger partial charge < -0.3 is 5.32 Å². The maximum absolute atomic E-state index is 12.9. The van der Waals surface area contributed by atoms with Gasteiger partial charge in [-0.2, -0.15) is 5.10 Å². The molecule has 0 aliphatic heterocycles. The molecule has 1 aromatic carbocycles. The second-order valence-electron chi connectivity index (χ2n) is 7.31. The molecule has 4 rings (SSSR count). The highest BCUT2D eigenvalue weighted by molar-refractivity contribution is 7.09. The van der Waals surface area contributed by atoms with Crippen LogP contribution in [-0.2, 0) is 4.79 Å². The summed E-state index contributed by atoms with van der Waals surface area (Å²) in [6.07, 6.45) is 0. The van der Waals surface area contributed by atoms with Crippen LogP contribution in [0.4, 0.5) is 5.69 Å². The average Bonchev–Trinajstić information content (AvgIpc) is 3.32. The van der Waals surface area contributed by atoms with Gasteiger partial charge in [-0.05, 0) is 52.0 Å². The number of hydrogen-bond acceptors (Lipinski definition) is 6. The first-order valence-electron chi connectivity index (χ1n) is 9.79. The first-order chi connectivity index (χ1) is 14.8. The molecule has 1 atom stereocenters. The molecule has 0 saturated carbocycles. The lowest BCUT2D eigenvalue weighted by Crippen LogP contribution is -2.33. The second-order valence-corrected chi connectivity index (χ2v) is 8.37. The van der Waals surface area contributed by atoms with E-state index in [0.717, 1.165) is 27.7 Å². The molecule has 0 saturated heterocycles. The normalized spacial score (nSPS) is 12.0. The summed E-state index contributed by atoms with van der Waals surface area (Å²) in [5.74, 6) is 0.137. The zero-order valence-corrected chi connectivity index (χ0v) is 18.5. The average molecular weight is 435 g/mol. The molecular formula is C22H22N6O2S. The number of rotatable bonds is 5. The van der Waals surface area contributed by atoms with Gasteiger partial charge in [0, 0.05) is 28.4 Å². The molecule has 1 unspecified atom stereocenters. The smallest absolute Gasteiger partial charge is 0.267 e. The van der Waals surface area contributed by atoms with E-state index in [9.17, 15) is 9.59 Å². The van der Waals surface area contributed by atoms with Gasteiger partial charge in [0.25, 0.3) is 5.56 Å². The molecular weight excluding hydrogens is 412 g/mol. The van der Waals surface area contributed by atoms with E-state index in [2.05, 4.69) is 20.5 Å². The number of anilines is 1. The van der Waals surface area contributed by atoms with Crippen LogP contribution in [0.1, 0.15) is 29.4 Å². The molecule has 1 amide bonds. The molecule has 1 N–H and O–H groups in total. The Bertz CT molecular complexity index is 1320. The van der Waals surface area contributed by atoms with Crippen LogP contribution in [0.5, 0.6) is 0 Å². The molecule has 3 aromatic heterocycles. The monoisotopic (exact) mass is 434 g/mol. The fraction of sp³-hybridized carbons (Fsp3) is 0.227. The first-order valence-corrected chi connectivity index (χ1v) is 10.7. The van der Waals surface area contributed by atoms with Crippen molar-refractivity contribution in [1.29, 1.82) is 0 Å².